The predicted molar refractivity (Wildman–Crippen MR) is 60.6 cm³/mol. The van der Waals surface area contributed by atoms with Crippen molar-refractivity contribution in [2.75, 3.05) is 6.54 Å². The Labute approximate surface area is 98.9 Å². The van der Waals surface area contributed by atoms with Crippen molar-refractivity contribution < 1.29 is 28.7 Å². The smallest absolute Gasteiger partial charge is 0.324 e. The number of hydrogen-bond donors (Lipinski definition) is 5. The Morgan fingerprint density at radius 1 is 1.06 bits per heavy atom. The summed E-state index contributed by atoms with van der Waals surface area (Å²) in [5, 5.41) is 3.09. The first-order valence-electron chi connectivity index (χ1n) is 5.52. The fourth-order valence-corrected chi connectivity index (χ4v) is 6.17. The summed E-state index contributed by atoms with van der Waals surface area (Å²) in [7, 11) is -9.68. The molecule has 0 amide bonds. The molecule has 0 aromatic carbocycles. The first-order chi connectivity index (χ1) is 7.67. The van der Waals surface area contributed by atoms with E-state index in [-0.39, 0.29) is 24.8 Å². The number of rotatable bonds is 2. The van der Waals surface area contributed by atoms with E-state index in [1.54, 1.807) is 0 Å². The van der Waals surface area contributed by atoms with Gasteiger partial charge in [-0.1, -0.05) is 0 Å². The molecule has 7 nitrogen and oxygen atoms in total. The van der Waals surface area contributed by atoms with Gasteiger partial charge in [0.15, 0.2) is 4.90 Å². The summed E-state index contributed by atoms with van der Waals surface area (Å²) in [6.07, 6.45) is 1.39. The first kappa shape index (κ1) is 13.7. The van der Waals surface area contributed by atoms with Crippen LogP contribution in [0.3, 0.4) is 0 Å². The Balaban J connectivity index is 2.39. The van der Waals surface area contributed by atoms with Crippen LogP contribution in [0.1, 0.15) is 25.7 Å². The van der Waals surface area contributed by atoms with Gasteiger partial charge in [0.1, 0.15) is 0 Å². The second-order valence-corrected chi connectivity index (χ2v) is 9.18. The van der Waals surface area contributed by atoms with E-state index in [2.05, 4.69) is 5.32 Å². The highest BCUT2D eigenvalue weighted by Crippen LogP contribution is 2.76. The molecule has 0 bridgehead atoms. The summed E-state index contributed by atoms with van der Waals surface area (Å²) in [6.45, 7) is 0.736. The maximum absolute atomic E-state index is 11.5. The van der Waals surface area contributed by atoms with Gasteiger partial charge >= 0.3 is 15.2 Å². The van der Waals surface area contributed by atoms with E-state index in [0.29, 0.717) is 0 Å². The van der Waals surface area contributed by atoms with Crippen LogP contribution in [0.5, 0.6) is 0 Å². The minimum Gasteiger partial charge on any atom is -0.324 e. The van der Waals surface area contributed by atoms with Gasteiger partial charge in [-0.15, -0.1) is 0 Å². The largest absolute Gasteiger partial charge is 0.343 e. The quantitative estimate of drug-likeness (QED) is 0.458. The Morgan fingerprint density at radius 2 is 1.65 bits per heavy atom. The van der Waals surface area contributed by atoms with Crippen LogP contribution in [0.15, 0.2) is 0 Å². The van der Waals surface area contributed by atoms with Crippen molar-refractivity contribution in [2.24, 2.45) is 5.92 Å². The molecular weight excluding hydrogens is 268 g/mol. The van der Waals surface area contributed by atoms with E-state index < -0.39 is 20.1 Å². The minimum atomic E-state index is -4.84. The minimum absolute atomic E-state index is 0.0519. The lowest BCUT2D eigenvalue weighted by atomic mass is 9.94. The molecule has 1 aliphatic heterocycles. The molecule has 2 rings (SSSR count). The average Bonchev–Trinajstić information content (AvgIpc) is 2.55. The highest BCUT2D eigenvalue weighted by atomic mass is 31.2. The molecule has 17 heavy (non-hydrogen) atoms. The zero-order valence-electron chi connectivity index (χ0n) is 9.19. The van der Waals surface area contributed by atoms with E-state index in [1.807, 2.05) is 0 Å². The van der Waals surface area contributed by atoms with E-state index in [0.717, 1.165) is 19.4 Å². The number of fused-ring (bicyclic) bond motifs is 1. The lowest BCUT2D eigenvalue weighted by molar-refractivity contribution is 0.303. The standard InChI is InChI=1S/C8H17NO6P2/c10-16(11,12)8(17(13,14)15)4-6-2-1-3-9-7(6)5-8/h6-7,9H,1-5H2,(H2,10,11,12)(H2,13,14,15)/t6-,7+/m0/s1. The molecule has 0 aromatic heterocycles. The van der Waals surface area contributed by atoms with Crippen LogP contribution >= 0.6 is 15.2 Å². The fraction of sp³-hybridized carbons (Fsp3) is 1.00. The monoisotopic (exact) mass is 285 g/mol. The van der Waals surface area contributed by atoms with Crippen molar-refractivity contribution in [1.29, 1.82) is 0 Å². The van der Waals surface area contributed by atoms with Gasteiger partial charge in [0, 0.05) is 6.04 Å². The normalized spacial score (nSPS) is 33.4. The van der Waals surface area contributed by atoms with Crippen molar-refractivity contribution in [3.63, 3.8) is 0 Å². The van der Waals surface area contributed by atoms with Gasteiger partial charge in [-0.05, 0) is 38.1 Å². The van der Waals surface area contributed by atoms with E-state index >= 15 is 0 Å². The van der Waals surface area contributed by atoms with Crippen molar-refractivity contribution in [2.45, 2.75) is 36.6 Å². The van der Waals surface area contributed by atoms with Gasteiger partial charge in [0.25, 0.3) is 0 Å². The second-order valence-electron chi connectivity index (χ2n) is 4.94. The number of piperidine rings is 1. The summed E-state index contributed by atoms with van der Waals surface area (Å²) in [6, 6.07) is -0.191. The third-order valence-corrected chi connectivity index (χ3v) is 8.41. The van der Waals surface area contributed by atoms with Crippen molar-refractivity contribution in [3.05, 3.63) is 0 Å². The van der Waals surface area contributed by atoms with Crippen LogP contribution in [0.4, 0.5) is 0 Å². The van der Waals surface area contributed by atoms with E-state index in [9.17, 15) is 28.7 Å². The summed E-state index contributed by atoms with van der Waals surface area (Å²) >= 11 is 0. The summed E-state index contributed by atoms with van der Waals surface area (Å²) in [5.41, 5.74) is 0. The molecule has 0 unspecified atom stereocenters. The second kappa shape index (κ2) is 4.14. The molecule has 0 aromatic rings. The Hall–Kier alpha value is 0.260. The fourth-order valence-electron chi connectivity index (χ4n) is 3.00. The molecule has 9 heteroatoms. The zero-order chi connectivity index (χ0) is 12.9. The van der Waals surface area contributed by atoms with Crippen LogP contribution in [-0.2, 0) is 9.13 Å². The van der Waals surface area contributed by atoms with Crippen molar-refractivity contribution in [3.8, 4) is 0 Å². The molecule has 0 spiro atoms. The average molecular weight is 285 g/mol. The highest BCUT2D eigenvalue weighted by Gasteiger charge is 2.65. The summed E-state index contributed by atoms with van der Waals surface area (Å²) < 4.78 is 23.0. The maximum Gasteiger partial charge on any atom is 0.343 e. The molecule has 1 saturated heterocycles. The molecule has 100 valence electrons. The number of hydrogen-bond acceptors (Lipinski definition) is 3. The highest BCUT2D eigenvalue weighted by molar-refractivity contribution is 7.72. The molecule has 2 aliphatic rings. The Morgan fingerprint density at radius 3 is 2.12 bits per heavy atom. The maximum atomic E-state index is 11.5. The first-order valence-corrected chi connectivity index (χ1v) is 8.74. The lowest BCUT2D eigenvalue weighted by Crippen LogP contribution is -2.38. The number of nitrogens with one attached hydrogen (secondary N) is 1. The molecular formula is C8H17NO6P2. The lowest BCUT2D eigenvalue weighted by Gasteiger charge is -2.30. The van der Waals surface area contributed by atoms with Crippen LogP contribution < -0.4 is 5.32 Å². The summed E-state index contributed by atoms with van der Waals surface area (Å²) in [4.78, 5) is 35.2. The predicted octanol–water partition coefficient (Wildman–Crippen LogP) is 0.200. The van der Waals surface area contributed by atoms with Crippen molar-refractivity contribution >= 4 is 15.2 Å². The molecule has 1 aliphatic carbocycles. The molecule has 1 saturated carbocycles. The van der Waals surface area contributed by atoms with Crippen LogP contribution in [-0.4, -0.2) is 37.1 Å². The third-order valence-electron chi connectivity index (χ3n) is 3.95. The molecule has 0 radical (unpaired) electrons. The Kier molecular flexibility index (Phi) is 3.33. The van der Waals surface area contributed by atoms with Gasteiger partial charge in [0.05, 0.1) is 0 Å². The topological polar surface area (TPSA) is 127 Å². The zero-order valence-corrected chi connectivity index (χ0v) is 11.0. The van der Waals surface area contributed by atoms with Crippen LogP contribution in [0.25, 0.3) is 0 Å². The molecule has 5 N–H and O–H groups in total. The van der Waals surface area contributed by atoms with Crippen LogP contribution in [0.2, 0.25) is 0 Å². The molecule has 1 heterocycles. The molecule has 2 fully saturated rings. The van der Waals surface area contributed by atoms with Gasteiger partial charge < -0.3 is 24.9 Å². The van der Waals surface area contributed by atoms with Gasteiger partial charge in [-0.3, -0.25) is 9.13 Å². The van der Waals surface area contributed by atoms with Gasteiger partial charge in [0.2, 0.25) is 0 Å². The van der Waals surface area contributed by atoms with E-state index in [4.69, 9.17) is 0 Å². The molecule has 2 atom stereocenters. The van der Waals surface area contributed by atoms with Crippen LogP contribution in [0, 0.1) is 5.92 Å². The SMILES string of the molecule is O=P(O)(O)C1(P(=O)(O)O)C[C@@H]2CCCN[C@@H]2C1. The van der Waals surface area contributed by atoms with Crippen molar-refractivity contribution in [1.82, 2.24) is 5.32 Å². The van der Waals surface area contributed by atoms with E-state index in [1.165, 1.54) is 0 Å². The third kappa shape index (κ3) is 2.15. The summed E-state index contributed by atoms with van der Waals surface area (Å²) in [5.74, 6) is -0.0519. The van der Waals surface area contributed by atoms with Gasteiger partial charge in [-0.2, -0.15) is 0 Å². The van der Waals surface area contributed by atoms with Gasteiger partial charge in [-0.25, -0.2) is 0 Å². The Bertz CT molecular complexity index is 363.